The Labute approximate surface area is 200 Å². The molecule has 1 aliphatic heterocycles. The van der Waals surface area contributed by atoms with Gasteiger partial charge < -0.3 is 39.5 Å². The van der Waals surface area contributed by atoms with Gasteiger partial charge in [0.1, 0.15) is 24.1 Å². The van der Waals surface area contributed by atoms with Crippen LogP contribution in [0.2, 0.25) is 5.28 Å². The zero-order chi connectivity index (χ0) is 24.7. The monoisotopic (exact) mass is 521 g/mol. The number of ether oxygens (including phenoxy) is 3. The highest BCUT2D eigenvalue weighted by molar-refractivity contribution is 7.53. The van der Waals surface area contributed by atoms with Crippen LogP contribution in [0.3, 0.4) is 0 Å². The SMILES string of the molecule is COCC(C)(OC[C@H]1O[C@@H](n2ncc3c(NC4CCCC4)nc(Cl)nc32)[C@H](O)[C@@H]1O)P(=O)(O)O. The number of aliphatic hydroxyl groups is 2. The third kappa shape index (κ3) is 4.95. The Morgan fingerprint density at radius 1 is 1.29 bits per heavy atom. The largest absolute Gasteiger partial charge is 0.387 e. The predicted molar refractivity (Wildman–Crippen MR) is 120 cm³/mol. The summed E-state index contributed by atoms with van der Waals surface area (Å²) in [7, 11) is -3.44. The maximum Gasteiger partial charge on any atom is 0.359 e. The normalized spacial score (nSPS) is 28.0. The van der Waals surface area contributed by atoms with E-state index in [0.717, 1.165) is 25.7 Å². The van der Waals surface area contributed by atoms with E-state index in [9.17, 15) is 24.6 Å². The van der Waals surface area contributed by atoms with Crippen LogP contribution in [0.25, 0.3) is 11.0 Å². The number of hydrogen-bond donors (Lipinski definition) is 5. The number of aliphatic hydroxyl groups excluding tert-OH is 2. The lowest BCUT2D eigenvalue weighted by atomic mass is 10.1. The zero-order valence-electron chi connectivity index (χ0n) is 18.7. The number of methoxy groups -OCH3 is 1. The summed E-state index contributed by atoms with van der Waals surface area (Å²) in [6.07, 6.45) is 0.755. The molecule has 5 atom stereocenters. The minimum absolute atomic E-state index is 0.0142. The van der Waals surface area contributed by atoms with Gasteiger partial charge in [-0.15, -0.1) is 0 Å². The number of anilines is 1. The molecule has 1 aliphatic carbocycles. The fourth-order valence-corrected chi connectivity index (χ4v) is 4.97. The number of aromatic nitrogens is 4. The first-order valence-electron chi connectivity index (χ1n) is 10.9. The lowest BCUT2D eigenvalue weighted by Gasteiger charge is -2.31. The van der Waals surface area contributed by atoms with E-state index in [0.29, 0.717) is 16.9 Å². The molecule has 4 rings (SSSR count). The minimum atomic E-state index is -4.72. The van der Waals surface area contributed by atoms with Crippen LogP contribution in [-0.4, -0.2) is 89.8 Å². The molecule has 13 nitrogen and oxygen atoms in total. The fourth-order valence-electron chi connectivity index (χ4n) is 4.27. The van der Waals surface area contributed by atoms with E-state index >= 15 is 0 Å². The standard InChI is InChI=1S/C19H29ClN5O8P/c1-19(9-31-2,34(28,29)30)32-8-12-13(26)14(27)17(33-12)25-16-11(7-21-25)15(23-18(20)24-16)22-10-5-3-4-6-10/h7,10,12-14,17,26-27H,3-6,8-9H2,1-2H3,(H,22,23,24)(H2,28,29,30)/t12-,13-,14-,17-,19?/m1/s1. The average Bonchev–Trinajstić information content (AvgIpc) is 3.48. The second kappa shape index (κ2) is 9.92. The van der Waals surface area contributed by atoms with Gasteiger partial charge in [0.05, 0.1) is 24.8 Å². The highest BCUT2D eigenvalue weighted by atomic mass is 35.5. The van der Waals surface area contributed by atoms with Crippen molar-refractivity contribution < 1.29 is 38.8 Å². The highest BCUT2D eigenvalue weighted by Gasteiger charge is 2.49. The molecule has 190 valence electrons. The van der Waals surface area contributed by atoms with Crippen molar-refractivity contribution in [2.75, 3.05) is 25.6 Å². The summed E-state index contributed by atoms with van der Waals surface area (Å²) in [4.78, 5) is 27.8. The number of halogens is 1. The summed E-state index contributed by atoms with van der Waals surface area (Å²) in [5.74, 6) is 0.526. The van der Waals surface area contributed by atoms with Crippen LogP contribution in [0.15, 0.2) is 6.20 Å². The second-order valence-electron chi connectivity index (χ2n) is 8.80. The molecule has 3 heterocycles. The molecular weight excluding hydrogens is 493 g/mol. The molecule has 1 saturated carbocycles. The predicted octanol–water partition coefficient (Wildman–Crippen LogP) is 1.01. The molecule has 2 aliphatic rings. The first-order chi connectivity index (χ1) is 16.0. The van der Waals surface area contributed by atoms with Crippen molar-refractivity contribution in [2.24, 2.45) is 0 Å². The Hall–Kier alpha value is -1.41. The molecule has 2 fully saturated rings. The molecule has 34 heavy (non-hydrogen) atoms. The molecule has 0 radical (unpaired) electrons. The maximum atomic E-state index is 11.9. The molecule has 2 aromatic heterocycles. The van der Waals surface area contributed by atoms with Gasteiger partial charge >= 0.3 is 7.60 Å². The molecule has 5 N–H and O–H groups in total. The van der Waals surface area contributed by atoms with Crippen molar-refractivity contribution in [2.45, 2.75) is 68.5 Å². The van der Waals surface area contributed by atoms with Gasteiger partial charge in [-0.05, 0) is 31.4 Å². The van der Waals surface area contributed by atoms with E-state index in [4.69, 9.17) is 25.8 Å². The van der Waals surface area contributed by atoms with E-state index in [1.807, 2.05) is 0 Å². The Bertz CT molecular complexity index is 1060. The van der Waals surface area contributed by atoms with Crippen LogP contribution < -0.4 is 5.32 Å². The molecule has 2 aromatic rings. The molecule has 1 unspecified atom stereocenters. The first-order valence-corrected chi connectivity index (χ1v) is 12.9. The summed E-state index contributed by atoms with van der Waals surface area (Å²) < 4.78 is 29.3. The lowest BCUT2D eigenvalue weighted by Crippen LogP contribution is -2.40. The quantitative estimate of drug-likeness (QED) is 0.233. The number of nitrogens with zero attached hydrogens (tertiary/aromatic N) is 4. The topological polar surface area (TPSA) is 181 Å². The fraction of sp³-hybridized carbons (Fsp3) is 0.737. The zero-order valence-corrected chi connectivity index (χ0v) is 20.4. The van der Waals surface area contributed by atoms with E-state index in [1.54, 1.807) is 0 Å². The van der Waals surface area contributed by atoms with Crippen molar-refractivity contribution >= 4 is 36.0 Å². The molecule has 15 heteroatoms. The lowest BCUT2D eigenvalue weighted by molar-refractivity contribution is -0.107. The van der Waals surface area contributed by atoms with Crippen molar-refractivity contribution in [3.05, 3.63) is 11.5 Å². The Balaban J connectivity index is 1.55. The summed E-state index contributed by atoms with van der Waals surface area (Å²) >= 11 is 6.15. The maximum absolute atomic E-state index is 11.9. The van der Waals surface area contributed by atoms with E-state index in [2.05, 4.69) is 20.4 Å². The second-order valence-corrected chi connectivity index (χ2v) is 11.2. The molecule has 0 amide bonds. The van der Waals surface area contributed by atoms with E-state index in [-0.39, 0.29) is 17.9 Å². The van der Waals surface area contributed by atoms with Gasteiger partial charge in [0.2, 0.25) is 5.28 Å². The average molecular weight is 522 g/mol. The number of hydrogen-bond acceptors (Lipinski definition) is 10. The van der Waals surface area contributed by atoms with Gasteiger partial charge in [-0.1, -0.05) is 12.8 Å². The van der Waals surface area contributed by atoms with Gasteiger partial charge in [0, 0.05) is 13.2 Å². The smallest absolute Gasteiger partial charge is 0.359 e. The van der Waals surface area contributed by atoms with E-state index < -0.39 is 44.1 Å². The van der Waals surface area contributed by atoms with Gasteiger partial charge in [0.15, 0.2) is 17.2 Å². The van der Waals surface area contributed by atoms with Crippen LogP contribution in [0.5, 0.6) is 0 Å². The Kier molecular flexibility index (Phi) is 7.49. The van der Waals surface area contributed by atoms with Crippen molar-refractivity contribution in [3.63, 3.8) is 0 Å². The minimum Gasteiger partial charge on any atom is -0.387 e. The van der Waals surface area contributed by atoms with Crippen LogP contribution in [-0.2, 0) is 18.8 Å². The van der Waals surface area contributed by atoms with Crippen LogP contribution in [0.4, 0.5) is 5.82 Å². The summed E-state index contributed by atoms with van der Waals surface area (Å²) in [5.41, 5.74) is 0.303. The third-order valence-electron chi connectivity index (χ3n) is 6.29. The van der Waals surface area contributed by atoms with Gasteiger partial charge in [-0.3, -0.25) is 4.57 Å². The van der Waals surface area contributed by atoms with Crippen LogP contribution >= 0.6 is 19.2 Å². The third-order valence-corrected chi connectivity index (χ3v) is 7.95. The molecule has 0 bridgehead atoms. The van der Waals surface area contributed by atoms with Crippen LogP contribution in [0.1, 0.15) is 38.8 Å². The molecule has 1 saturated heterocycles. The van der Waals surface area contributed by atoms with Crippen LogP contribution in [0, 0.1) is 0 Å². The molecule has 0 aromatic carbocycles. The summed E-state index contributed by atoms with van der Waals surface area (Å²) in [6, 6.07) is 0.268. The number of rotatable bonds is 9. The highest BCUT2D eigenvalue weighted by Crippen LogP contribution is 2.51. The van der Waals surface area contributed by atoms with E-state index in [1.165, 1.54) is 24.9 Å². The van der Waals surface area contributed by atoms with Crippen molar-refractivity contribution in [3.8, 4) is 0 Å². The van der Waals surface area contributed by atoms with Gasteiger partial charge in [-0.2, -0.15) is 15.1 Å². The van der Waals surface area contributed by atoms with Gasteiger partial charge in [-0.25, -0.2) is 4.68 Å². The van der Waals surface area contributed by atoms with Crippen molar-refractivity contribution in [1.82, 2.24) is 19.7 Å². The Morgan fingerprint density at radius 2 is 2.00 bits per heavy atom. The Morgan fingerprint density at radius 3 is 2.65 bits per heavy atom. The summed E-state index contributed by atoms with van der Waals surface area (Å²) in [6.45, 7) is 0.399. The van der Waals surface area contributed by atoms with Gasteiger partial charge in [0.25, 0.3) is 0 Å². The number of nitrogens with one attached hydrogen (secondary N) is 1. The molecular formula is C19H29ClN5O8P. The summed E-state index contributed by atoms with van der Waals surface area (Å²) in [5, 5.41) is 27.5. The first kappa shape index (κ1) is 25.7. The number of fused-ring (bicyclic) bond motifs is 1. The molecule has 0 spiro atoms. The van der Waals surface area contributed by atoms with Crippen molar-refractivity contribution in [1.29, 1.82) is 0 Å².